The van der Waals surface area contributed by atoms with Gasteiger partial charge in [-0.2, -0.15) is 0 Å². The number of nitrogens with one attached hydrogen (secondary N) is 1. The van der Waals surface area contributed by atoms with E-state index >= 15 is 0 Å². The number of rotatable bonds is 19. The van der Waals surface area contributed by atoms with Gasteiger partial charge >= 0.3 is 13.3 Å². The molecule has 1 saturated heterocycles. The second-order valence-corrected chi connectivity index (χ2v) is 20.6. The average molecular weight is 799 g/mol. The summed E-state index contributed by atoms with van der Waals surface area (Å²) in [5.41, 5.74) is 0.533. The molecule has 0 amide bonds. The maximum Gasteiger partial charge on any atom is 0.331 e. The molecule has 1 aromatic heterocycles. The Balaban J connectivity index is 1.57. The first-order valence-electron chi connectivity index (χ1n) is 18.4. The molecule has 1 fully saturated rings. The summed E-state index contributed by atoms with van der Waals surface area (Å²) in [5.74, 6) is 1.37. The minimum Gasteiger partial charge on any atom is -0.497 e. The van der Waals surface area contributed by atoms with Crippen molar-refractivity contribution in [3.05, 3.63) is 128 Å². The molecule has 1 aliphatic heterocycles. The number of benzene rings is 3. The Morgan fingerprint density at radius 2 is 1.41 bits per heavy atom. The van der Waals surface area contributed by atoms with Crippen molar-refractivity contribution in [1.29, 1.82) is 0 Å². The third-order valence-corrected chi connectivity index (χ3v) is 16.3. The summed E-state index contributed by atoms with van der Waals surface area (Å²) in [4.78, 5) is 27.7. The molecule has 11 nitrogen and oxygen atoms in total. The Hall–Kier alpha value is -3.34. The highest BCUT2D eigenvalue weighted by Crippen LogP contribution is 2.64. The fourth-order valence-electron chi connectivity index (χ4n) is 6.74. The van der Waals surface area contributed by atoms with Crippen LogP contribution in [-0.4, -0.2) is 61.6 Å². The summed E-state index contributed by atoms with van der Waals surface area (Å²) in [7, 11) is -0.517. The van der Waals surface area contributed by atoms with Crippen molar-refractivity contribution in [2.24, 2.45) is 0 Å². The molecular weight excluding hydrogens is 746 g/mol. The molecule has 2 heterocycles. The number of H-pyrrole nitrogens is 1. The van der Waals surface area contributed by atoms with Gasteiger partial charge in [-0.25, -0.2) is 4.79 Å². The number of nitrogens with zero attached hydrogens (tertiary/aromatic N) is 1. The Labute approximate surface area is 322 Å². The molecule has 0 bridgehead atoms. The second-order valence-electron chi connectivity index (χ2n) is 13.6. The first kappa shape index (κ1) is 41.8. The van der Waals surface area contributed by atoms with Gasteiger partial charge in [0.05, 0.1) is 33.2 Å². The lowest BCUT2D eigenvalue weighted by Gasteiger charge is -2.37. The lowest BCUT2D eigenvalue weighted by Crippen LogP contribution is -2.38. The fraction of sp³-hybridized carbons (Fsp3) is 0.450. The van der Waals surface area contributed by atoms with E-state index in [2.05, 4.69) is 18.8 Å². The van der Waals surface area contributed by atoms with Gasteiger partial charge in [-0.05, 0) is 73.0 Å². The Kier molecular flexibility index (Phi) is 14.3. The van der Waals surface area contributed by atoms with Gasteiger partial charge in [0, 0.05) is 24.8 Å². The molecule has 14 heteroatoms. The van der Waals surface area contributed by atoms with Gasteiger partial charge in [0.25, 0.3) is 5.56 Å². The SMILES string of the molecule is CCCCP(=S)(CCCC)OP(C)(=O)O[C@H]1C[C@H](n2cc(C)c(=O)[nH]c2=O)O[C@@H]1COC(c1ccccc1)(c1ccc(OC)cc1)c1ccc(OC)cc1. The third kappa shape index (κ3) is 9.90. The molecule has 54 heavy (non-hydrogen) atoms. The molecule has 1 aliphatic rings. The van der Waals surface area contributed by atoms with Crippen LogP contribution in [0.25, 0.3) is 0 Å². The Morgan fingerprint density at radius 1 is 0.870 bits per heavy atom. The van der Waals surface area contributed by atoms with Crippen molar-refractivity contribution in [2.45, 2.75) is 76.9 Å². The lowest BCUT2D eigenvalue weighted by molar-refractivity contribution is -0.0920. The molecule has 0 radical (unpaired) electrons. The lowest BCUT2D eigenvalue weighted by atomic mass is 9.80. The van der Waals surface area contributed by atoms with Gasteiger partial charge in [-0.3, -0.25) is 23.2 Å². The number of ether oxygens (including phenoxy) is 4. The van der Waals surface area contributed by atoms with Crippen molar-refractivity contribution in [3.63, 3.8) is 0 Å². The number of aromatic amines is 1. The summed E-state index contributed by atoms with van der Waals surface area (Å²) >= 11 is 6.08. The topological polar surface area (TPSA) is 127 Å². The zero-order valence-electron chi connectivity index (χ0n) is 31.9. The van der Waals surface area contributed by atoms with Gasteiger partial charge in [0.2, 0.25) is 0 Å². The highest BCUT2D eigenvalue weighted by molar-refractivity contribution is 8.13. The van der Waals surface area contributed by atoms with Crippen molar-refractivity contribution in [3.8, 4) is 11.5 Å². The number of aromatic nitrogens is 2. The molecule has 4 atom stereocenters. The van der Waals surface area contributed by atoms with Crippen LogP contribution in [-0.2, 0) is 40.3 Å². The van der Waals surface area contributed by atoms with Crippen LogP contribution in [0.3, 0.4) is 0 Å². The highest BCUT2D eigenvalue weighted by atomic mass is 32.4. The predicted octanol–water partition coefficient (Wildman–Crippen LogP) is 8.38. The van der Waals surface area contributed by atoms with E-state index in [1.807, 2.05) is 78.9 Å². The summed E-state index contributed by atoms with van der Waals surface area (Å²) < 4.78 is 53.2. The van der Waals surface area contributed by atoms with E-state index < -0.39 is 49.1 Å². The first-order chi connectivity index (χ1) is 25.9. The van der Waals surface area contributed by atoms with Crippen LogP contribution in [0.5, 0.6) is 11.5 Å². The van der Waals surface area contributed by atoms with Crippen molar-refractivity contribution in [2.75, 3.05) is 39.8 Å². The molecule has 3 aromatic carbocycles. The molecule has 0 saturated carbocycles. The van der Waals surface area contributed by atoms with E-state index in [1.165, 1.54) is 17.4 Å². The van der Waals surface area contributed by atoms with Crippen LogP contribution in [0.1, 0.15) is 74.4 Å². The summed E-state index contributed by atoms with van der Waals surface area (Å²) in [6.07, 6.45) is 1.61. The molecular formula is C40H52N2O9P2S. The van der Waals surface area contributed by atoms with E-state index in [1.54, 1.807) is 21.1 Å². The minimum absolute atomic E-state index is 0.0506. The molecule has 4 aromatic rings. The quantitative estimate of drug-likeness (QED) is 0.0730. The number of hydrogen-bond acceptors (Lipinski definition) is 10. The molecule has 1 unspecified atom stereocenters. The number of methoxy groups -OCH3 is 2. The Morgan fingerprint density at radius 3 is 1.93 bits per heavy atom. The zero-order chi connectivity index (χ0) is 38.9. The van der Waals surface area contributed by atoms with Crippen LogP contribution < -0.4 is 20.7 Å². The summed E-state index contributed by atoms with van der Waals surface area (Å²) in [6.45, 7) is 7.22. The van der Waals surface area contributed by atoms with Crippen LogP contribution in [0.2, 0.25) is 0 Å². The smallest absolute Gasteiger partial charge is 0.331 e. The number of unbranched alkanes of at least 4 members (excludes halogenated alkanes) is 2. The summed E-state index contributed by atoms with van der Waals surface area (Å²) in [6, 6.07) is 25.2. The van der Waals surface area contributed by atoms with Crippen molar-refractivity contribution >= 4 is 25.7 Å². The largest absolute Gasteiger partial charge is 0.497 e. The average Bonchev–Trinajstić information content (AvgIpc) is 3.56. The predicted molar refractivity (Wildman–Crippen MR) is 216 cm³/mol. The van der Waals surface area contributed by atoms with E-state index in [0.29, 0.717) is 29.4 Å². The van der Waals surface area contributed by atoms with Crippen molar-refractivity contribution in [1.82, 2.24) is 9.55 Å². The second kappa shape index (κ2) is 18.5. The number of aryl methyl sites for hydroxylation is 1. The zero-order valence-corrected chi connectivity index (χ0v) is 34.5. The van der Waals surface area contributed by atoms with Crippen LogP contribution >= 0.6 is 13.9 Å². The molecule has 0 spiro atoms. The van der Waals surface area contributed by atoms with Crippen LogP contribution in [0.15, 0.2) is 94.6 Å². The van der Waals surface area contributed by atoms with Crippen LogP contribution in [0.4, 0.5) is 0 Å². The standard InChI is InChI=1S/C40H52N2O9P2S/c1-7-9-24-53(54,25-10-8-2)51-52(6,45)50-35-26-37(42-27-29(3)38(43)41-39(42)44)49-36(35)28-48-40(30-14-12-11-13-15-30,31-16-20-33(46-4)21-17-31)32-18-22-34(47-5)23-19-32/h11-23,27,35-37H,7-10,24-26,28H2,1-6H3,(H,41,43,44)/t35-,36+,37+,52?/m0/s1. The first-order valence-corrected chi connectivity index (χ1v) is 23.5. The minimum atomic E-state index is -3.75. The van der Waals surface area contributed by atoms with Gasteiger partial charge in [-0.1, -0.05) is 93.1 Å². The Bertz CT molecular complexity index is 1980. The van der Waals surface area contributed by atoms with Gasteiger partial charge < -0.3 is 23.5 Å². The monoisotopic (exact) mass is 798 g/mol. The van der Waals surface area contributed by atoms with Gasteiger partial charge in [-0.15, -0.1) is 0 Å². The maximum atomic E-state index is 14.3. The van der Waals surface area contributed by atoms with E-state index in [0.717, 1.165) is 42.4 Å². The normalized spacial score (nSPS) is 18.7. The maximum absolute atomic E-state index is 14.3. The molecule has 292 valence electrons. The number of hydrogen-bond donors (Lipinski definition) is 1. The summed E-state index contributed by atoms with van der Waals surface area (Å²) in [5, 5.41) is 0. The molecule has 1 N–H and O–H groups in total. The van der Waals surface area contributed by atoms with E-state index in [-0.39, 0.29) is 13.0 Å². The van der Waals surface area contributed by atoms with Crippen LogP contribution in [0, 0.1) is 6.92 Å². The van der Waals surface area contributed by atoms with Gasteiger partial charge in [0.15, 0.2) is 0 Å². The molecule has 5 rings (SSSR count). The molecule has 0 aliphatic carbocycles. The van der Waals surface area contributed by atoms with Gasteiger partial charge in [0.1, 0.15) is 29.4 Å². The highest BCUT2D eigenvalue weighted by Gasteiger charge is 2.45. The fourth-order valence-corrected chi connectivity index (χ4v) is 14.1. The third-order valence-electron chi connectivity index (χ3n) is 9.60. The van der Waals surface area contributed by atoms with E-state index in [9.17, 15) is 14.2 Å². The van der Waals surface area contributed by atoms with Crippen molar-refractivity contribution < 1.29 is 32.3 Å². The van der Waals surface area contributed by atoms with E-state index in [4.69, 9.17) is 39.6 Å².